The number of likely N-dealkylation sites (tertiary alicyclic amines) is 1. The fraction of sp³-hybridized carbons (Fsp3) is 0.333. The van der Waals surface area contributed by atoms with Crippen LogP contribution in [0.3, 0.4) is 0 Å². The third-order valence-corrected chi connectivity index (χ3v) is 5.05. The van der Waals surface area contributed by atoms with Crippen molar-refractivity contribution in [1.29, 1.82) is 0 Å². The molecule has 0 spiro atoms. The topological polar surface area (TPSA) is 43.1 Å². The summed E-state index contributed by atoms with van der Waals surface area (Å²) in [6.07, 6.45) is 10.6. The second-order valence-corrected chi connectivity index (χ2v) is 7.07. The Morgan fingerprint density at radius 2 is 1.96 bits per heavy atom. The van der Waals surface area contributed by atoms with E-state index in [-0.39, 0.29) is 11.9 Å². The molecule has 5 heteroatoms. The molecule has 0 N–H and O–H groups in total. The summed E-state index contributed by atoms with van der Waals surface area (Å²) in [7, 11) is 0. The summed E-state index contributed by atoms with van der Waals surface area (Å²) in [4.78, 5) is 14.7. The molecule has 5 nitrogen and oxygen atoms in total. The molecule has 0 radical (unpaired) electrons. The quantitative estimate of drug-likeness (QED) is 0.725. The van der Waals surface area contributed by atoms with Crippen molar-refractivity contribution < 1.29 is 4.79 Å². The van der Waals surface area contributed by atoms with Gasteiger partial charge in [0.1, 0.15) is 0 Å². The van der Waals surface area contributed by atoms with Gasteiger partial charge < -0.3 is 9.47 Å². The molecule has 1 unspecified atom stereocenters. The largest absolute Gasteiger partial charge is 0.340 e. The summed E-state index contributed by atoms with van der Waals surface area (Å²) in [5.74, 6) is 0.201. The molecule has 134 valence electrons. The third-order valence-electron chi connectivity index (χ3n) is 5.05. The number of hydrogen-bond donors (Lipinski definition) is 0. The molecule has 26 heavy (non-hydrogen) atoms. The molecule has 0 aliphatic carbocycles. The number of aryl methyl sites for hydroxylation is 1. The zero-order chi connectivity index (χ0) is 17.9. The second kappa shape index (κ2) is 7.20. The summed E-state index contributed by atoms with van der Waals surface area (Å²) in [5.41, 5.74) is 3.33. The van der Waals surface area contributed by atoms with Gasteiger partial charge >= 0.3 is 0 Å². The number of carbonyl (C=O) groups is 1. The number of aromatic nitrogens is 3. The van der Waals surface area contributed by atoms with Crippen LogP contribution in [0.4, 0.5) is 0 Å². The van der Waals surface area contributed by atoms with Gasteiger partial charge in [-0.2, -0.15) is 5.10 Å². The highest BCUT2D eigenvalue weighted by molar-refractivity contribution is 5.79. The lowest BCUT2D eigenvalue weighted by molar-refractivity contribution is -0.132. The highest BCUT2D eigenvalue weighted by atomic mass is 16.2. The maximum Gasteiger partial charge on any atom is 0.227 e. The molecular weight excluding hydrogens is 324 g/mol. The summed E-state index contributed by atoms with van der Waals surface area (Å²) in [6, 6.07) is 12.5. The van der Waals surface area contributed by atoms with Gasteiger partial charge in [0.25, 0.3) is 0 Å². The highest BCUT2D eigenvalue weighted by Crippen LogP contribution is 2.22. The van der Waals surface area contributed by atoms with Crippen LogP contribution in [0.25, 0.3) is 5.69 Å². The molecular formula is C21H24N4O. The van der Waals surface area contributed by atoms with Crippen molar-refractivity contribution in [2.75, 3.05) is 13.1 Å². The van der Waals surface area contributed by atoms with Gasteiger partial charge in [0.2, 0.25) is 5.91 Å². The predicted molar refractivity (Wildman–Crippen MR) is 101 cm³/mol. The smallest absolute Gasteiger partial charge is 0.227 e. The van der Waals surface area contributed by atoms with Crippen LogP contribution in [0.1, 0.15) is 30.0 Å². The van der Waals surface area contributed by atoms with E-state index >= 15 is 0 Å². The van der Waals surface area contributed by atoms with E-state index in [2.05, 4.69) is 28.0 Å². The van der Waals surface area contributed by atoms with Crippen LogP contribution in [-0.2, 0) is 11.2 Å². The van der Waals surface area contributed by atoms with Crippen LogP contribution in [0.2, 0.25) is 0 Å². The van der Waals surface area contributed by atoms with Crippen molar-refractivity contribution in [1.82, 2.24) is 19.2 Å². The molecule has 1 aliphatic rings. The van der Waals surface area contributed by atoms with E-state index in [4.69, 9.17) is 0 Å². The molecule has 1 saturated heterocycles. The number of carbonyl (C=O) groups excluding carboxylic acids is 1. The highest BCUT2D eigenvalue weighted by Gasteiger charge is 2.25. The minimum Gasteiger partial charge on any atom is -0.340 e. The molecule has 4 rings (SSSR count). The number of amides is 1. The first kappa shape index (κ1) is 16.6. The molecule has 0 saturated carbocycles. The van der Waals surface area contributed by atoms with Crippen molar-refractivity contribution in [2.45, 2.75) is 32.2 Å². The number of hydrogen-bond acceptors (Lipinski definition) is 2. The van der Waals surface area contributed by atoms with E-state index in [1.807, 2.05) is 59.4 Å². The van der Waals surface area contributed by atoms with Crippen molar-refractivity contribution in [3.8, 4) is 5.69 Å². The van der Waals surface area contributed by atoms with Gasteiger partial charge in [0, 0.05) is 37.4 Å². The number of benzene rings is 1. The molecule has 1 atom stereocenters. The molecule has 1 aliphatic heterocycles. The van der Waals surface area contributed by atoms with Gasteiger partial charge in [0.05, 0.1) is 18.7 Å². The van der Waals surface area contributed by atoms with Gasteiger partial charge in [-0.1, -0.05) is 12.1 Å². The van der Waals surface area contributed by atoms with Crippen LogP contribution in [-0.4, -0.2) is 38.2 Å². The molecule has 0 bridgehead atoms. The molecule has 1 fully saturated rings. The first-order valence-corrected chi connectivity index (χ1v) is 9.20. The van der Waals surface area contributed by atoms with Gasteiger partial charge in [-0.15, -0.1) is 0 Å². The lowest BCUT2D eigenvalue weighted by atomic mass is 10.0. The van der Waals surface area contributed by atoms with Crippen molar-refractivity contribution >= 4 is 5.91 Å². The Morgan fingerprint density at radius 1 is 1.19 bits per heavy atom. The molecule has 3 aromatic rings. The fourth-order valence-corrected chi connectivity index (χ4v) is 3.61. The van der Waals surface area contributed by atoms with Crippen molar-refractivity contribution in [3.05, 3.63) is 72.3 Å². The zero-order valence-electron chi connectivity index (χ0n) is 15.1. The van der Waals surface area contributed by atoms with E-state index in [1.165, 1.54) is 0 Å². The number of nitrogens with zero attached hydrogens (tertiary/aromatic N) is 4. The van der Waals surface area contributed by atoms with Crippen molar-refractivity contribution in [2.24, 2.45) is 0 Å². The first-order chi connectivity index (χ1) is 12.7. The van der Waals surface area contributed by atoms with Crippen LogP contribution < -0.4 is 0 Å². The zero-order valence-corrected chi connectivity index (χ0v) is 15.1. The van der Waals surface area contributed by atoms with E-state index in [9.17, 15) is 4.79 Å². The van der Waals surface area contributed by atoms with Crippen LogP contribution in [0, 0.1) is 6.92 Å². The third kappa shape index (κ3) is 3.57. The van der Waals surface area contributed by atoms with Crippen LogP contribution >= 0.6 is 0 Å². The Bertz CT molecular complexity index is 864. The Hall–Kier alpha value is -2.82. The minimum atomic E-state index is 0.201. The average Bonchev–Trinajstić information content (AvgIpc) is 3.34. The molecule has 1 aromatic carbocycles. The Balaban J connectivity index is 1.39. The van der Waals surface area contributed by atoms with Gasteiger partial charge in [-0.05, 0) is 55.2 Å². The maximum atomic E-state index is 12.8. The Labute approximate surface area is 153 Å². The predicted octanol–water partition coefficient (Wildman–Crippen LogP) is 3.39. The first-order valence-electron chi connectivity index (χ1n) is 9.20. The standard InChI is InChI=1S/C21H24N4O/c1-17-14-22-25(15-17)20-5-4-12-24(16-20)21(26)13-18-6-8-19(9-7-18)23-10-2-3-11-23/h2-3,6-11,14-15,20H,4-5,12-13,16H2,1H3. The van der Waals surface area contributed by atoms with Crippen LogP contribution in [0.5, 0.6) is 0 Å². The maximum absolute atomic E-state index is 12.8. The van der Waals surface area contributed by atoms with Gasteiger partial charge in [0.15, 0.2) is 0 Å². The lowest BCUT2D eigenvalue weighted by Crippen LogP contribution is -2.41. The van der Waals surface area contributed by atoms with E-state index in [1.54, 1.807) is 0 Å². The van der Waals surface area contributed by atoms with E-state index in [0.717, 1.165) is 42.7 Å². The number of rotatable bonds is 4. The van der Waals surface area contributed by atoms with E-state index < -0.39 is 0 Å². The molecule has 1 amide bonds. The Morgan fingerprint density at radius 3 is 2.65 bits per heavy atom. The van der Waals surface area contributed by atoms with Crippen LogP contribution in [0.15, 0.2) is 61.2 Å². The monoisotopic (exact) mass is 348 g/mol. The Kier molecular flexibility index (Phi) is 4.61. The van der Waals surface area contributed by atoms with E-state index in [0.29, 0.717) is 6.42 Å². The number of piperidine rings is 1. The molecule has 2 aromatic heterocycles. The van der Waals surface area contributed by atoms with Gasteiger partial charge in [-0.3, -0.25) is 9.48 Å². The molecule has 3 heterocycles. The fourth-order valence-electron chi connectivity index (χ4n) is 3.61. The summed E-state index contributed by atoms with van der Waals surface area (Å²) < 4.78 is 4.08. The lowest BCUT2D eigenvalue weighted by Gasteiger charge is -2.33. The van der Waals surface area contributed by atoms with Gasteiger partial charge in [-0.25, -0.2) is 0 Å². The second-order valence-electron chi connectivity index (χ2n) is 7.07. The van der Waals surface area contributed by atoms with Crippen molar-refractivity contribution in [3.63, 3.8) is 0 Å². The SMILES string of the molecule is Cc1cnn(C2CCCN(C(=O)Cc3ccc(-n4cccc4)cc3)C2)c1. The summed E-state index contributed by atoms with van der Waals surface area (Å²) in [5, 5.41) is 4.43. The normalized spacial score (nSPS) is 17.4. The summed E-state index contributed by atoms with van der Waals surface area (Å²) >= 11 is 0. The minimum absolute atomic E-state index is 0.201. The summed E-state index contributed by atoms with van der Waals surface area (Å²) in [6.45, 7) is 3.64. The average molecular weight is 348 g/mol.